The Balaban J connectivity index is 4.59. The molecule has 0 aromatic heterocycles. The van der Waals surface area contributed by atoms with E-state index in [2.05, 4.69) is 0 Å². The SMILES string of the molecule is CC(C(=O)NC(CCO)C(=O)O)S(C)(=O)=O. The number of hydrogen-bond donors (Lipinski definition) is 3. The van der Waals surface area contributed by atoms with Gasteiger partial charge in [-0.15, -0.1) is 0 Å². The van der Waals surface area contributed by atoms with E-state index in [9.17, 15) is 18.0 Å². The molecule has 0 aromatic rings. The van der Waals surface area contributed by atoms with Crippen LogP contribution in [0.15, 0.2) is 0 Å². The quantitative estimate of drug-likeness (QED) is 0.522. The number of nitrogens with one attached hydrogen (secondary N) is 1. The van der Waals surface area contributed by atoms with Gasteiger partial charge in [-0.1, -0.05) is 0 Å². The van der Waals surface area contributed by atoms with E-state index in [1.807, 2.05) is 5.32 Å². The molecule has 0 fully saturated rings. The molecule has 0 saturated heterocycles. The third-order valence-electron chi connectivity index (χ3n) is 2.04. The lowest BCUT2D eigenvalue weighted by Gasteiger charge is -2.15. The second-order valence-corrected chi connectivity index (χ2v) is 5.75. The van der Waals surface area contributed by atoms with Crippen LogP contribution in [0.3, 0.4) is 0 Å². The predicted molar refractivity (Wildman–Crippen MR) is 55.6 cm³/mol. The second kappa shape index (κ2) is 5.80. The summed E-state index contributed by atoms with van der Waals surface area (Å²) in [6, 6.07) is -1.28. The van der Waals surface area contributed by atoms with Crippen molar-refractivity contribution in [2.75, 3.05) is 12.9 Å². The molecule has 1 amide bonds. The zero-order valence-corrected chi connectivity index (χ0v) is 9.82. The molecule has 0 rings (SSSR count). The number of carboxylic acid groups (broad SMARTS) is 1. The number of carbonyl (C=O) groups excluding carboxylic acids is 1. The zero-order valence-electron chi connectivity index (χ0n) is 9.00. The number of amides is 1. The van der Waals surface area contributed by atoms with E-state index in [4.69, 9.17) is 10.2 Å². The first-order valence-electron chi connectivity index (χ1n) is 4.53. The Hall–Kier alpha value is -1.15. The molecule has 0 heterocycles. The number of rotatable bonds is 6. The van der Waals surface area contributed by atoms with E-state index in [-0.39, 0.29) is 6.42 Å². The van der Waals surface area contributed by atoms with Crippen molar-refractivity contribution in [2.45, 2.75) is 24.6 Å². The standard InChI is InChI=1S/C8H15NO6S/c1-5(16(2,14)15)7(11)9-6(3-4-10)8(12)13/h5-6,10H,3-4H2,1-2H3,(H,9,11)(H,12,13). The van der Waals surface area contributed by atoms with Gasteiger partial charge in [0.15, 0.2) is 9.84 Å². The molecule has 0 aromatic carbocycles. The average Bonchev–Trinajstić information content (AvgIpc) is 2.14. The highest BCUT2D eigenvalue weighted by atomic mass is 32.2. The fourth-order valence-corrected chi connectivity index (χ4v) is 1.33. The van der Waals surface area contributed by atoms with Gasteiger partial charge in [-0.2, -0.15) is 0 Å². The van der Waals surface area contributed by atoms with Gasteiger partial charge in [0.25, 0.3) is 0 Å². The summed E-state index contributed by atoms with van der Waals surface area (Å²) >= 11 is 0. The Morgan fingerprint density at radius 3 is 2.19 bits per heavy atom. The number of aliphatic hydroxyl groups excluding tert-OH is 1. The fourth-order valence-electron chi connectivity index (χ4n) is 0.870. The summed E-state index contributed by atoms with van der Waals surface area (Å²) < 4.78 is 22.0. The van der Waals surface area contributed by atoms with E-state index in [0.717, 1.165) is 6.26 Å². The van der Waals surface area contributed by atoms with Crippen molar-refractivity contribution >= 4 is 21.7 Å². The van der Waals surface area contributed by atoms with E-state index in [1.54, 1.807) is 0 Å². The molecule has 0 bridgehead atoms. The maximum Gasteiger partial charge on any atom is 0.326 e. The monoisotopic (exact) mass is 253 g/mol. The van der Waals surface area contributed by atoms with Crippen molar-refractivity contribution in [3.8, 4) is 0 Å². The molecule has 2 unspecified atom stereocenters. The van der Waals surface area contributed by atoms with Gasteiger partial charge < -0.3 is 15.5 Å². The summed E-state index contributed by atoms with van der Waals surface area (Å²) in [7, 11) is -3.56. The van der Waals surface area contributed by atoms with Crippen molar-refractivity contribution in [3.05, 3.63) is 0 Å². The first kappa shape index (κ1) is 14.8. The Morgan fingerprint density at radius 2 is 1.88 bits per heavy atom. The molecule has 0 radical (unpaired) electrons. The third kappa shape index (κ3) is 4.58. The number of sulfone groups is 1. The molecule has 0 aliphatic carbocycles. The fraction of sp³-hybridized carbons (Fsp3) is 0.750. The zero-order chi connectivity index (χ0) is 12.9. The third-order valence-corrected chi connectivity index (χ3v) is 3.54. The van der Waals surface area contributed by atoms with Gasteiger partial charge in [0, 0.05) is 19.3 Å². The summed E-state index contributed by atoms with van der Waals surface area (Å²) in [5.41, 5.74) is 0. The van der Waals surface area contributed by atoms with Crippen LogP contribution < -0.4 is 5.32 Å². The van der Waals surface area contributed by atoms with Crippen molar-refractivity contribution in [2.24, 2.45) is 0 Å². The van der Waals surface area contributed by atoms with E-state index in [1.165, 1.54) is 6.92 Å². The highest BCUT2D eigenvalue weighted by molar-refractivity contribution is 7.92. The van der Waals surface area contributed by atoms with Crippen LogP contribution in [0, 0.1) is 0 Å². The van der Waals surface area contributed by atoms with Crippen LogP contribution in [0.5, 0.6) is 0 Å². The van der Waals surface area contributed by atoms with Crippen LogP contribution in [-0.2, 0) is 19.4 Å². The molecule has 3 N–H and O–H groups in total. The summed E-state index contributed by atoms with van der Waals surface area (Å²) in [4.78, 5) is 22.0. The minimum atomic E-state index is -3.56. The lowest BCUT2D eigenvalue weighted by Crippen LogP contribution is -2.47. The first-order valence-corrected chi connectivity index (χ1v) is 6.48. The minimum absolute atomic E-state index is 0.169. The Bertz CT molecular complexity index is 363. The molecule has 0 spiro atoms. The first-order chi connectivity index (χ1) is 7.20. The van der Waals surface area contributed by atoms with Crippen molar-refractivity contribution < 1.29 is 28.2 Å². The van der Waals surface area contributed by atoms with E-state index in [0.29, 0.717) is 0 Å². The Labute approximate surface area is 93.4 Å². The van der Waals surface area contributed by atoms with Gasteiger partial charge >= 0.3 is 5.97 Å². The largest absolute Gasteiger partial charge is 0.480 e. The van der Waals surface area contributed by atoms with Gasteiger partial charge in [0.2, 0.25) is 5.91 Å². The van der Waals surface area contributed by atoms with Crippen molar-refractivity contribution in [1.82, 2.24) is 5.32 Å². The molecular weight excluding hydrogens is 238 g/mol. The maximum atomic E-state index is 11.3. The highest BCUT2D eigenvalue weighted by Crippen LogP contribution is 2.00. The topological polar surface area (TPSA) is 121 Å². The molecule has 94 valence electrons. The van der Waals surface area contributed by atoms with Gasteiger partial charge in [0.05, 0.1) is 0 Å². The van der Waals surface area contributed by atoms with Crippen LogP contribution in [0.25, 0.3) is 0 Å². The molecule has 8 heteroatoms. The van der Waals surface area contributed by atoms with Crippen LogP contribution in [0.2, 0.25) is 0 Å². The van der Waals surface area contributed by atoms with Gasteiger partial charge in [-0.05, 0) is 6.92 Å². The highest BCUT2D eigenvalue weighted by Gasteiger charge is 2.27. The smallest absolute Gasteiger partial charge is 0.326 e. The van der Waals surface area contributed by atoms with Crippen molar-refractivity contribution in [1.29, 1.82) is 0 Å². The van der Waals surface area contributed by atoms with Gasteiger partial charge in [-0.3, -0.25) is 4.79 Å². The summed E-state index contributed by atoms with van der Waals surface area (Å²) in [6.07, 6.45) is 0.719. The molecule has 0 aliphatic rings. The lowest BCUT2D eigenvalue weighted by molar-refractivity contribution is -0.142. The molecular formula is C8H15NO6S. The molecule has 16 heavy (non-hydrogen) atoms. The number of hydrogen-bond acceptors (Lipinski definition) is 5. The summed E-state index contributed by atoms with van der Waals surface area (Å²) in [5.74, 6) is -2.20. The molecule has 0 saturated carbocycles. The average molecular weight is 253 g/mol. The minimum Gasteiger partial charge on any atom is -0.480 e. The second-order valence-electron chi connectivity index (χ2n) is 3.38. The Morgan fingerprint density at radius 1 is 1.38 bits per heavy atom. The lowest BCUT2D eigenvalue weighted by atomic mass is 10.2. The number of carbonyl (C=O) groups is 2. The van der Waals surface area contributed by atoms with Gasteiger partial charge in [-0.25, -0.2) is 13.2 Å². The maximum absolute atomic E-state index is 11.3. The van der Waals surface area contributed by atoms with E-state index >= 15 is 0 Å². The predicted octanol–water partition coefficient (Wildman–Crippen LogP) is -1.63. The van der Waals surface area contributed by atoms with Crippen LogP contribution >= 0.6 is 0 Å². The number of aliphatic carboxylic acids is 1. The number of carboxylic acids is 1. The Kier molecular flexibility index (Phi) is 5.39. The van der Waals surface area contributed by atoms with Crippen LogP contribution in [-0.4, -0.2) is 54.7 Å². The molecule has 2 atom stereocenters. The normalized spacial score (nSPS) is 15.2. The molecule has 7 nitrogen and oxygen atoms in total. The van der Waals surface area contributed by atoms with Crippen LogP contribution in [0.1, 0.15) is 13.3 Å². The number of aliphatic hydroxyl groups is 1. The summed E-state index contributed by atoms with van der Waals surface area (Å²) in [6.45, 7) is 0.757. The van der Waals surface area contributed by atoms with Crippen molar-refractivity contribution in [3.63, 3.8) is 0 Å². The van der Waals surface area contributed by atoms with Gasteiger partial charge in [0.1, 0.15) is 11.3 Å². The molecule has 0 aliphatic heterocycles. The van der Waals surface area contributed by atoms with Crippen LogP contribution in [0.4, 0.5) is 0 Å². The van der Waals surface area contributed by atoms with E-state index < -0.39 is 39.6 Å². The summed E-state index contributed by atoms with van der Waals surface area (Å²) in [5, 5.41) is 18.0.